The van der Waals surface area contributed by atoms with Crippen LogP contribution >= 0.6 is 0 Å². The number of benzene rings is 1. The summed E-state index contributed by atoms with van der Waals surface area (Å²) in [5, 5.41) is 14.5. The number of methoxy groups -OCH3 is 2. The second-order valence-electron chi connectivity index (χ2n) is 5.12. The second kappa shape index (κ2) is 6.11. The van der Waals surface area contributed by atoms with E-state index >= 15 is 0 Å². The summed E-state index contributed by atoms with van der Waals surface area (Å²) in [4.78, 5) is 23.8. The summed E-state index contributed by atoms with van der Waals surface area (Å²) < 4.78 is 11.1. The Morgan fingerprint density at radius 2 is 1.79 bits per heavy atom. The Morgan fingerprint density at radius 1 is 1.12 bits per heavy atom. The fourth-order valence-electron chi connectivity index (χ4n) is 2.61. The lowest BCUT2D eigenvalue weighted by atomic mass is 9.95. The van der Waals surface area contributed by atoms with E-state index in [0.717, 1.165) is 5.56 Å². The monoisotopic (exact) mass is 329 g/mol. The van der Waals surface area contributed by atoms with E-state index in [1.807, 2.05) is 0 Å². The number of nitrogens with zero attached hydrogens (tertiary/aromatic N) is 4. The van der Waals surface area contributed by atoms with Crippen molar-refractivity contribution in [3.63, 3.8) is 0 Å². The predicted molar refractivity (Wildman–Crippen MR) is 82.1 cm³/mol. The van der Waals surface area contributed by atoms with Crippen molar-refractivity contribution in [3.05, 3.63) is 46.7 Å². The number of tetrazole rings is 1. The van der Waals surface area contributed by atoms with Gasteiger partial charge in [0.25, 0.3) is 0 Å². The van der Waals surface area contributed by atoms with Crippen molar-refractivity contribution < 1.29 is 19.1 Å². The van der Waals surface area contributed by atoms with Gasteiger partial charge < -0.3 is 14.8 Å². The number of hydrogen-bond acceptors (Lipinski definition) is 8. The van der Waals surface area contributed by atoms with Crippen LogP contribution < -0.4 is 5.32 Å². The third-order valence-electron chi connectivity index (χ3n) is 3.77. The van der Waals surface area contributed by atoms with Gasteiger partial charge in [-0.15, -0.1) is 0 Å². The van der Waals surface area contributed by atoms with E-state index in [9.17, 15) is 9.59 Å². The van der Waals surface area contributed by atoms with Crippen molar-refractivity contribution in [2.45, 2.75) is 13.0 Å². The average Bonchev–Trinajstić information content (AvgIpc) is 3.07. The zero-order valence-electron chi connectivity index (χ0n) is 13.3. The number of carbonyl (C=O) groups excluding carboxylic acids is 2. The zero-order valence-corrected chi connectivity index (χ0v) is 13.3. The van der Waals surface area contributed by atoms with E-state index in [4.69, 9.17) is 4.74 Å². The first-order valence-corrected chi connectivity index (χ1v) is 7.09. The highest BCUT2D eigenvalue weighted by molar-refractivity contribution is 5.92. The van der Waals surface area contributed by atoms with Crippen LogP contribution in [0, 0.1) is 0 Å². The predicted octanol–water partition coefficient (Wildman–Crippen LogP) is 0.922. The molecule has 1 aliphatic heterocycles. The minimum Gasteiger partial charge on any atom is -0.466 e. The largest absolute Gasteiger partial charge is 0.466 e. The molecule has 0 radical (unpaired) electrons. The zero-order chi connectivity index (χ0) is 17.3. The number of aromatic nitrogens is 4. The molecule has 0 bridgehead atoms. The fraction of sp³-hybridized carbons (Fsp3) is 0.267. The average molecular weight is 329 g/mol. The first-order chi connectivity index (χ1) is 11.6. The first kappa shape index (κ1) is 15.7. The molecule has 24 heavy (non-hydrogen) atoms. The van der Waals surface area contributed by atoms with Gasteiger partial charge in [-0.05, 0) is 35.0 Å². The lowest BCUT2D eigenvalue weighted by Crippen LogP contribution is -2.29. The molecule has 9 heteroatoms. The van der Waals surface area contributed by atoms with E-state index in [1.54, 1.807) is 31.2 Å². The van der Waals surface area contributed by atoms with Crippen molar-refractivity contribution in [2.24, 2.45) is 0 Å². The number of anilines is 1. The molecule has 3 rings (SSSR count). The van der Waals surface area contributed by atoms with Crippen molar-refractivity contribution in [3.8, 4) is 0 Å². The molecule has 1 N–H and O–H groups in total. The van der Waals surface area contributed by atoms with Crippen molar-refractivity contribution in [2.75, 3.05) is 19.5 Å². The fourth-order valence-corrected chi connectivity index (χ4v) is 2.61. The number of allylic oxidation sites excluding steroid dienone is 1. The highest BCUT2D eigenvalue weighted by Crippen LogP contribution is 2.34. The number of esters is 2. The minimum atomic E-state index is -0.560. The first-order valence-electron chi connectivity index (χ1n) is 7.09. The number of ether oxygens (including phenoxy) is 2. The lowest BCUT2D eigenvalue weighted by molar-refractivity contribution is -0.136. The summed E-state index contributed by atoms with van der Waals surface area (Å²) in [5.74, 6) is -0.500. The molecule has 9 nitrogen and oxygen atoms in total. The van der Waals surface area contributed by atoms with E-state index in [0.29, 0.717) is 22.8 Å². The minimum absolute atomic E-state index is 0.392. The number of nitrogens with one attached hydrogen (secondary N) is 1. The number of rotatable bonds is 3. The van der Waals surface area contributed by atoms with Crippen LogP contribution in [-0.4, -0.2) is 46.4 Å². The van der Waals surface area contributed by atoms with Crippen LogP contribution in [0.1, 0.15) is 28.9 Å². The van der Waals surface area contributed by atoms with Gasteiger partial charge in [-0.1, -0.05) is 17.2 Å². The molecule has 2 heterocycles. The summed E-state index contributed by atoms with van der Waals surface area (Å²) >= 11 is 0. The SMILES string of the molecule is COC(=O)C1=C(C)Nc2nnnn2[C@H]1c1ccc(C(=O)OC)cc1. The van der Waals surface area contributed by atoms with Crippen molar-refractivity contribution in [1.82, 2.24) is 20.2 Å². The van der Waals surface area contributed by atoms with Gasteiger partial charge in [-0.25, -0.2) is 9.59 Å². The quantitative estimate of drug-likeness (QED) is 0.828. The Kier molecular flexibility index (Phi) is 3.98. The molecule has 1 aromatic carbocycles. The van der Waals surface area contributed by atoms with Gasteiger partial charge in [0.1, 0.15) is 6.04 Å². The van der Waals surface area contributed by atoms with Gasteiger partial charge in [0.05, 0.1) is 25.4 Å². The van der Waals surface area contributed by atoms with Gasteiger partial charge in [0.15, 0.2) is 0 Å². The molecule has 0 unspecified atom stereocenters. The Morgan fingerprint density at radius 3 is 2.42 bits per heavy atom. The van der Waals surface area contributed by atoms with Crippen LogP contribution in [0.4, 0.5) is 5.95 Å². The molecule has 124 valence electrons. The molecule has 1 aromatic heterocycles. The van der Waals surface area contributed by atoms with Gasteiger partial charge in [-0.2, -0.15) is 4.68 Å². The Balaban J connectivity index is 2.09. The third-order valence-corrected chi connectivity index (χ3v) is 3.77. The Labute approximate surface area is 137 Å². The van der Waals surface area contributed by atoms with Crippen molar-refractivity contribution >= 4 is 17.9 Å². The van der Waals surface area contributed by atoms with E-state index < -0.39 is 18.0 Å². The number of carbonyl (C=O) groups is 2. The normalized spacial score (nSPS) is 16.2. The van der Waals surface area contributed by atoms with Crippen LogP contribution in [0.3, 0.4) is 0 Å². The van der Waals surface area contributed by atoms with Gasteiger partial charge >= 0.3 is 11.9 Å². The molecule has 1 aliphatic rings. The van der Waals surface area contributed by atoms with Gasteiger partial charge in [-0.3, -0.25) is 0 Å². The summed E-state index contributed by atoms with van der Waals surface area (Å²) in [6, 6.07) is 6.14. The summed E-state index contributed by atoms with van der Waals surface area (Å²) in [6.45, 7) is 1.75. The maximum absolute atomic E-state index is 12.2. The number of hydrogen-bond donors (Lipinski definition) is 1. The molecular weight excluding hydrogens is 314 g/mol. The molecule has 0 aliphatic carbocycles. The lowest BCUT2D eigenvalue weighted by Gasteiger charge is -2.27. The van der Waals surface area contributed by atoms with Crippen LogP contribution in [0.5, 0.6) is 0 Å². The molecule has 0 saturated heterocycles. The van der Waals surface area contributed by atoms with E-state index in [-0.39, 0.29) is 0 Å². The summed E-state index contributed by atoms with van der Waals surface area (Å²) in [7, 11) is 2.63. The van der Waals surface area contributed by atoms with Crippen LogP contribution in [0.2, 0.25) is 0 Å². The molecule has 2 aromatic rings. The number of fused-ring (bicyclic) bond motifs is 1. The van der Waals surface area contributed by atoms with Crippen LogP contribution in [0.15, 0.2) is 35.5 Å². The second-order valence-corrected chi connectivity index (χ2v) is 5.12. The van der Waals surface area contributed by atoms with Gasteiger partial charge in [0.2, 0.25) is 5.95 Å². The maximum atomic E-state index is 12.2. The molecular formula is C15H15N5O4. The molecule has 0 fully saturated rings. The highest BCUT2D eigenvalue weighted by Gasteiger charge is 2.34. The maximum Gasteiger partial charge on any atom is 0.338 e. The third kappa shape index (κ3) is 2.49. The van der Waals surface area contributed by atoms with E-state index in [1.165, 1.54) is 18.9 Å². The molecule has 1 atom stereocenters. The molecule has 0 amide bonds. The topological polar surface area (TPSA) is 108 Å². The van der Waals surface area contributed by atoms with E-state index in [2.05, 4.69) is 25.6 Å². The van der Waals surface area contributed by atoms with Gasteiger partial charge in [0, 0.05) is 5.70 Å². The summed E-state index contributed by atoms with van der Waals surface area (Å²) in [5.41, 5.74) is 2.14. The summed E-state index contributed by atoms with van der Waals surface area (Å²) in [6.07, 6.45) is 0. The Hall–Kier alpha value is -3.23. The van der Waals surface area contributed by atoms with Crippen LogP contribution in [0.25, 0.3) is 0 Å². The highest BCUT2D eigenvalue weighted by atomic mass is 16.5. The van der Waals surface area contributed by atoms with Crippen LogP contribution in [-0.2, 0) is 14.3 Å². The smallest absolute Gasteiger partial charge is 0.338 e. The molecule has 0 spiro atoms. The Bertz CT molecular complexity index is 825. The standard InChI is InChI=1S/C15H15N5O4/c1-8-11(14(22)24-3)12(20-15(16-8)17-18-19-20)9-4-6-10(7-5-9)13(21)23-2/h4-7,12H,1-3H3,(H,16,17,19)/t12-/m0/s1. The molecule has 0 saturated carbocycles. The van der Waals surface area contributed by atoms with Crippen molar-refractivity contribution in [1.29, 1.82) is 0 Å².